The molecule has 0 radical (unpaired) electrons. The zero-order valence-corrected chi connectivity index (χ0v) is 9.29. The second-order valence-electron chi connectivity index (χ2n) is 3.51. The molecule has 0 spiro atoms. The predicted octanol–water partition coefficient (Wildman–Crippen LogP) is 2.19. The van der Waals surface area contributed by atoms with Crippen LogP contribution in [0.1, 0.15) is 20.9 Å². The van der Waals surface area contributed by atoms with Crippen LogP contribution < -0.4 is 0 Å². The second-order valence-corrected chi connectivity index (χ2v) is 3.51. The first-order chi connectivity index (χ1) is 8.20. The molecule has 0 aliphatic heterocycles. The maximum atomic E-state index is 11.9. The topological polar surface area (TPSA) is 50.5 Å². The number of hydrogen-bond acceptors (Lipinski definition) is 3. The molecule has 2 rings (SSSR count). The summed E-state index contributed by atoms with van der Waals surface area (Å²) in [5.41, 5.74) is 0.468. The molecule has 0 aliphatic rings. The lowest BCUT2D eigenvalue weighted by atomic mass is 10.2. The van der Waals surface area contributed by atoms with Gasteiger partial charge in [0.2, 0.25) is 0 Å². The Labute approximate surface area is 98.5 Å². The van der Waals surface area contributed by atoms with Gasteiger partial charge in [-0.2, -0.15) is 0 Å². The lowest BCUT2D eigenvalue weighted by Gasteiger charge is -2.13. The van der Waals surface area contributed by atoms with Gasteiger partial charge in [-0.1, -0.05) is 18.2 Å². The van der Waals surface area contributed by atoms with Gasteiger partial charge in [-0.25, -0.2) is 0 Å². The van der Waals surface area contributed by atoms with E-state index in [1.165, 1.54) is 19.4 Å². The molecule has 0 bridgehead atoms. The first-order valence-corrected chi connectivity index (χ1v) is 5.11. The molecule has 1 aromatic carbocycles. The van der Waals surface area contributed by atoms with Crippen LogP contribution in [0.3, 0.4) is 0 Å². The Morgan fingerprint density at radius 1 is 1.00 bits per heavy atom. The van der Waals surface area contributed by atoms with Gasteiger partial charge in [-0.3, -0.25) is 14.5 Å². The first kappa shape index (κ1) is 11.1. The van der Waals surface area contributed by atoms with Crippen molar-refractivity contribution in [2.45, 2.75) is 0 Å². The summed E-state index contributed by atoms with van der Waals surface area (Å²) in [7, 11) is 1.43. The standard InChI is InChI=1S/C13H11NO3/c1-14(13(16)11-8-5-9-17-11)12(15)10-6-3-2-4-7-10/h2-9H,1H3. The van der Waals surface area contributed by atoms with E-state index in [0.29, 0.717) is 5.56 Å². The molecular weight excluding hydrogens is 218 g/mol. The van der Waals surface area contributed by atoms with Crippen molar-refractivity contribution in [2.24, 2.45) is 0 Å². The van der Waals surface area contributed by atoms with E-state index in [9.17, 15) is 9.59 Å². The minimum absolute atomic E-state index is 0.150. The Morgan fingerprint density at radius 2 is 1.71 bits per heavy atom. The van der Waals surface area contributed by atoms with Crippen LogP contribution in [0.15, 0.2) is 53.1 Å². The van der Waals surface area contributed by atoms with Crippen molar-refractivity contribution >= 4 is 11.8 Å². The van der Waals surface area contributed by atoms with Crippen molar-refractivity contribution in [2.75, 3.05) is 7.05 Å². The fourth-order valence-electron chi connectivity index (χ4n) is 1.43. The number of hydrogen-bond donors (Lipinski definition) is 0. The van der Waals surface area contributed by atoms with Crippen LogP contribution in [0, 0.1) is 0 Å². The van der Waals surface area contributed by atoms with Crippen molar-refractivity contribution in [3.8, 4) is 0 Å². The molecule has 17 heavy (non-hydrogen) atoms. The Morgan fingerprint density at radius 3 is 2.29 bits per heavy atom. The number of amides is 2. The van der Waals surface area contributed by atoms with Crippen LogP contribution in [-0.4, -0.2) is 23.8 Å². The summed E-state index contributed by atoms with van der Waals surface area (Å²) in [4.78, 5) is 24.8. The molecule has 1 aromatic heterocycles. The molecule has 0 unspecified atom stereocenters. The van der Waals surface area contributed by atoms with E-state index >= 15 is 0 Å². The van der Waals surface area contributed by atoms with E-state index in [4.69, 9.17) is 4.42 Å². The molecular formula is C13H11NO3. The van der Waals surface area contributed by atoms with Gasteiger partial charge >= 0.3 is 0 Å². The molecule has 4 heteroatoms. The van der Waals surface area contributed by atoms with Gasteiger partial charge in [0.25, 0.3) is 11.8 Å². The Balaban J connectivity index is 2.19. The Bertz CT molecular complexity index is 517. The maximum Gasteiger partial charge on any atom is 0.296 e. The van der Waals surface area contributed by atoms with Crippen molar-refractivity contribution in [1.29, 1.82) is 0 Å². The van der Waals surface area contributed by atoms with Crippen molar-refractivity contribution in [3.05, 3.63) is 60.1 Å². The van der Waals surface area contributed by atoms with Gasteiger partial charge in [0.05, 0.1) is 6.26 Å². The predicted molar refractivity (Wildman–Crippen MR) is 61.6 cm³/mol. The summed E-state index contributed by atoms with van der Waals surface area (Å²) in [6.07, 6.45) is 1.40. The smallest absolute Gasteiger partial charge is 0.296 e. The SMILES string of the molecule is CN(C(=O)c1ccccc1)C(=O)c1ccco1. The summed E-state index contributed by atoms with van der Waals surface area (Å²) >= 11 is 0. The highest BCUT2D eigenvalue weighted by atomic mass is 16.3. The van der Waals surface area contributed by atoms with Crippen LogP contribution in [0.5, 0.6) is 0 Å². The first-order valence-electron chi connectivity index (χ1n) is 5.11. The lowest BCUT2D eigenvalue weighted by Crippen LogP contribution is -2.32. The minimum atomic E-state index is -0.455. The average molecular weight is 229 g/mol. The summed E-state index contributed by atoms with van der Waals surface area (Å²) < 4.78 is 4.96. The number of furan rings is 1. The summed E-state index contributed by atoms with van der Waals surface area (Å²) in [5.74, 6) is -0.660. The zero-order valence-electron chi connectivity index (χ0n) is 9.29. The molecule has 1 heterocycles. The molecule has 86 valence electrons. The molecule has 0 N–H and O–H groups in total. The lowest BCUT2D eigenvalue weighted by molar-refractivity contribution is 0.0637. The number of benzene rings is 1. The highest BCUT2D eigenvalue weighted by molar-refractivity contribution is 6.08. The normalized spacial score (nSPS) is 9.94. The molecule has 0 saturated heterocycles. The third-order valence-electron chi connectivity index (χ3n) is 2.36. The van der Waals surface area contributed by atoms with Crippen LogP contribution >= 0.6 is 0 Å². The third-order valence-corrected chi connectivity index (χ3v) is 2.36. The van der Waals surface area contributed by atoms with Crippen molar-refractivity contribution in [1.82, 2.24) is 4.90 Å². The summed E-state index contributed by atoms with van der Waals surface area (Å²) in [5, 5.41) is 0. The average Bonchev–Trinajstić information content (AvgIpc) is 2.91. The van der Waals surface area contributed by atoms with Crippen LogP contribution in [0.25, 0.3) is 0 Å². The van der Waals surface area contributed by atoms with Crippen LogP contribution in [0.4, 0.5) is 0 Å². The molecule has 0 aliphatic carbocycles. The summed E-state index contributed by atoms with van der Waals surface area (Å²) in [6.45, 7) is 0. The second kappa shape index (κ2) is 4.65. The molecule has 4 nitrogen and oxygen atoms in total. The molecule has 2 aromatic rings. The summed E-state index contributed by atoms with van der Waals surface area (Å²) in [6, 6.07) is 11.8. The van der Waals surface area contributed by atoms with Gasteiger partial charge in [0.15, 0.2) is 5.76 Å². The largest absolute Gasteiger partial charge is 0.459 e. The van der Waals surface area contributed by atoms with Gasteiger partial charge in [0.1, 0.15) is 0 Å². The van der Waals surface area contributed by atoms with Crippen LogP contribution in [-0.2, 0) is 0 Å². The van der Waals surface area contributed by atoms with Gasteiger partial charge in [0, 0.05) is 12.6 Å². The maximum absolute atomic E-state index is 11.9. The Hall–Kier alpha value is -2.36. The molecule has 0 saturated carbocycles. The molecule has 0 atom stereocenters. The van der Waals surface area contributed by atoms with E-state index in [1.54, 1.807) is 30.3 Å². The third kappa shape index (κ3) is 2.25. The van der Waals surface area contributed by atoms with Gasteiger partial charge in [-0.15, -0.1) is 0 Å². The zero-order chi connectivity index (χ0) is 12.3. The van der Waals surface area contributed by atoms with Gasteiger partial charge in [-0.05, 0) is 24.3 Å². The van der Waals surface area contributed by atoms with Crippen LogP contribution in [0.2, 0.25) is 0 Å². The highest BCUT2D eigenvalue weighted by Crippen LogP contribution is 2.08. The number of carbonyl (C=O) groups is 2. The van der Waals surface area contributed by atoms with E-state index in [-0.39, 0.29) is 11.7 Å². The fourth-order valence-corrected chi connectivity index (χ4v) is 1.43. The number of rotatable bonds is 2. The van der Waals surface area contributed by atoms with E-state index < -0.39 is 5.91 Å². The van der Waals surface area contributed by atoms with Crippen molar-refractivity contribution in [3.63, 3.8) is 0 Å². The monoisotopic (exact) mass is 229 g/mol. The number of nitrogens with zero attached hydrogens (tertiary/aromatic N) is 1. The van der Waals surface area contributed by atoms with Gasteiger partial charge < -0.3 is 4.42 Å². The minimum Gasteiger partial charge on any atom is -0.459 e. The van der Waals surface area contributed by atoms with E-state index in [2.05, 4.69) is 0 Å². The van der Waals surface area contributed by atoms with E-state index in [1.807, 2.05) is 6.07 Å². The molecule has 2 amide bonds. The van der Waals surface area contributed by atoms with E-state index in [0.717, 1.165) is 4.90 Å². The number of carbonyl (C=O) groups excluding carboxylic acids is 2. The quantitative estimate of drug-likeness (QED) is 0.742. The van der Waals surface area contributed by atoms with Crippen molar-refractivity contribution < 1.29 is 14.0 Å². The Kier molecular flexibility index (Phi) is 3.05. The number of imide groups is 1. The highest BCUT2D eigenvalue weighted by Gasteiger charge is 2.21. The molecule has 0 fully saturated rings. The fraction of sp³-hybridized carbons (Fsp3) is 0.0769.